The molecule has 1 aromatic heterocycles. The van der Waals surface area contributed by atoms with Gasteiger partial charge in [0.1, 0.15) is 12.4 Å². The second-order valence-corrected chi connectivity index (χ2v) is 3.86. The average molecular weight is 273 g/mol. The van der Waals surface area contributed by atoms with Crippen LogP contribution in [0.25, 0.3) is 0 Å². The van der Waals surface area contributed by atoms with Crippen LogP contribution in [0.15, 0.2) is 18.5 Å². The van der Waals surface area contributed by atoms with Gasteiger partial charge < -0.3 is 14.8 Å². The van der Waals surface area contributed by atoms with E-state index in [1.165, 1.54) is 26.4 Å². The van der Waals surface area contributed by atoms with Gasteiger partial charge in [-0.25, -0.2) is 4.79 Å². The van der Waals surface area contributed by atoms with E-state index in [1.54, 1.807) is 6.07 Å². The third-order valence-electron chi connectivity index (χ3n) is 1.96. The molecule has 0 aromatic carbocycles. The van der Waals surface area contributed by atoms with Gasteiger partial charge in [0.05, 0.1) is 18.3 Å². The van der Waals surface area contributed by atoms with Gasteiger partial charge in [-0.15, -0.1) is 0 Å². The number of carbonyl (C=O) groups is 2. The Bertz CT molecular complexity index is 439. The number of nitrogens with zero attached hydrogens (tertiary/aromatic N) is 1. The molecule has 18 heavy (non-hydrogen) atoms. The highest BCUT2D eigenvalue weighted by Crippen LogP contribution is 2.15. The first-order valence-corrected chi connectivity index (χ1v) is 5.49. The molecule has 1 amide bonds. The van der Waals surface area contributed by atoms with Crippen molar-refractivity contribution in [2.45, 2.75) is 13.0 Å². The largest absolute Gasteiger partial charge is 0.489 e. The predicted molar refractivity (Wildman–Crippen MR) is 64.4 cm³/mol. The van der Waals surface area contributed by atoms with Crippen LogP contribution < -0.4 is 10.1 Å². The van der Waals surface area contributed by atoms with E-state index in [-0.39, 0.29) is 12.5 Å². The van der Waals surface area contributed by atoms with E-state index in [2.05, 4.69) is 15.0 Å². The van der Waals surface area contributed by atoms with E-state index in [4.69, 9.17) is 16.3 Å². The molecule has 0 aliphatic heterocycles. The Morgan fingerprint density at radius 3 is 2.78 bits per heavy atom. The fourth-order valence-corrected chi connectivity index (χ4v) is 1.37. The normalized spacial score (nSPS) is 11.5. The molecule has 98 valence electrons. The van der Waals surface area contributed by atoms with Gasteiger partial charge in [0, 0.05) is 19.2 Å². The quantitative estimate of drug-likeness (QED) is 0.802. The molecule has 0 saturated carbocycles. The van der Waals surface area contributed by atoms with Crippen LogP contribution >= 0.6 is 11.6 Å². The van der Waals surface area contributed by atoms with Crippen molar-refractivity contribution in [1.82, 2.24) is 10.3 Å². The van der Waals surface area contributed by atoms with Crippen LogP contribution in [0.2, 0.25) is 5.02 Å². The van der Waals surface area contributed by atoms with E-state index in [9.17, 15) is 9.59 Å². The summed E-state index contributed by atoms with van der Waals surface area (Å²) in [6.07, 6.45) is 2.91. The maximum absolute atomic E-state index is 11.4. The number of halogens is 1. The SMILES string of the molecule is COC(=O)C(COc1cncc(Cl)c1)NC(C)=O. The maximum Gasteiger partial charge on any atom is 0.331 e. The number of rotatable bonds is 5. The van der Waals surface area contributed by atoms with Crippen LogP contribution in [0.5, 0.6) is 5.75 Å². The Hall–Kier alpha value is -1.82. The number of amides is 1. The summed E-state index contributed by atoms with van der Waals surface area (Å²) in [6, 6.07) is 0.683. The molecule has 0 spiro atoms. The lowest BCUT2D eigenvalue weighted by atomic mass is 10.3. The van der Waals surface area contributed by atoms with Crippen molar-refractivity contribution >= 4 is 23.5 Å². The lowest BCUT2D eigenvalue weighted by Crippen LogP contribution is -2.44. The number of aromatic nitrogens is 1. The molecule has 0 aliphatic carbocycles. The smallest absolute Gasteiger partial charge is 0.331 e. The van der Waals surface area contributed by atoms with Crippen molar-refractivity contribution < 1.29 is 19.1 Å². The van der Waals surface area contributed by atoms with Crippen molar-refractivity contribution in [2.75, 3.05) is 13.7 Å². The Balaban J connectivity index is 2.61. The first-order valence-electron chi connectivity index (χ1n) is 5.11. The molecule has 7 heteroatoms. The summed E-state index contributed by atoms with van der Waals surface area (Å²) in [5.74, 6) is -0.528. The van der Waals surface area contributed by atoms with E-state index in [1.807, 2.05) is 0 Å². The van der Waals surface area contributed by atoms with E-state index in [0.29, 0.717) is 10.8 Å². The number of hydrogen-bond donors (Lipinski definition) is 1. The summed E-state index contributed by atoms with van der Waals surface area (Å²) >= 11 is 5.73. The maximum atomic E-state index is 11.4. The van der Waals surface area contributed by atoms with Crippen molar-refractivity contribution in [3.05, 3.63) is 23.5 Å². The number of methoxy groups -OCH3 is 1. The zero-order valence-electron chi connectivity index (χ0n) is 9.97. The molecule has 6 nitrogen and oxygen atoms in total. The summed E-state index contributed by atoms with van der Waals surface area (Å²) in [6.45, 7) is 1.24. The number of hydrogen-bond acceptors (Lipinski definition) is 5. The predicted octanol–water partition coefficient (Wildman–Crippen LogP) is 0.791. The molecule has 1 heterocycles. The van der Waals surface area contributed by atoms with Crippen LogP contribution in [0.3, 0.4) is 0 Å². The van der Waals surface area contributed by atoms with Crippen molar-refractivity contribution in [3.8, 4) is 5.75 Å². The van der Waals surface area contributed by atoms with Crippen LogP contribution in [-0.2, 0) is 14.3 Å². The van der Waals surface area contributed by atoms with Crippen molar-refractivity contribution in [3.63, 3.8) is 0 Å². The monoisotopic (exact) mass is 272 g/mol. The molecule has 0 radical (unpaired) electrons. The standard InChI is InChI=1S/C11H13ClN2O4/c1-7(15)14-10(11(16)17-2)6-18-9-3-8(12)4-13-5-9/h3-5,10H,6H2,1-2H3,(H,14,15). The Labute approximate surface area is 109 Å². The molecule has 1 unspecified atom stereocenters. The lowest BCUT2D eigenvalue weighted by molar-refractivity contribution is -0.145. The van der Waals surface area contributed by atoms with Gasteiger partial charge >= 0.3 is 5.97 Å². The van der Waals surface area contributed by atoms with Crippen LogP contribution in [0, 0.1) is 0 Å². The van der Waals surface area contributed by atoms with Gasteiger partial charge in [0.25, 0.3) is 0 Å². The van der Waals surface area contributed by atoms with Gasteiger partial charge in [-0.2, -0.15) is 0 Å². The molecule has 1 N–H and O–H groups in total. The summed E-state index contributed by atoms with van der Waals surface area (Å²) in [5, 5.41) is 2.84. The summed E-state index contributed by atoms with van der Waals surface area (Å²) < 4.78 is 9.86. The van der Waals surface area contributed by atoms with Crippen molar-refractivity contribution in [2.24, 2.45) is 0 Å². The summed E-state index contributed by atoms with van der Waals surface area (Å²) in [4.78, 5) is 26.1. The van der Waals surface area contributed by atoms with Gasteiger partial charge in [-0.3, -0.25) is 9.78 Å². The van der Waals surface area contributed by atoms with Crippen molar-refractivity contribution in [1.29, 1.82) is 0 Å². The Kier molecular flexibility index (Phi) is 5.38. The first kappa shape index (κ1) is 14.2. The molecule has 1 aromatic rings. The summed E-state index contributed by atoms with van der Waals surface area (Å²) in [5.41, 5.74) is 0. The zero-order chi connectivity index (χ0) is 13.5. The van der Waals surface area contributed by atoms with E-state index in [0.717, 1.165) is 0 Å². The number of esters is 1. The van der Waals surface area contributed by atoms with Gasteiger partial charge in [-0.05, 0) is 0 Å². The molecular formula is C11H13ClN2O4. The molecule has 0 fully saturated rings. The lowest BCUT2D eigenvalue weighted by Gasteiger charge is -2.16. The number of carbonyl (C=O) groups excluding carboxylic acids is 2. The van der Waals surface area contributed by atoms with Gasteiger partial charge in [0.2, 0.25) is 5.91 Å². The third kappa shape index (κ3) is 4.58. The number of nitrogens with one attached hydrogen (secondary N) is 1. The third-order valence-corrected chi connectivity index (χ3v) is 2.17. The average Bonchev–Trinajstić information content (AvgIpc) is 2.33. The summed E-state index contributed by atoms with van der Waals surface area (Å²) in [7, 11) is 1.23. The van der Waals surface area contributed by atoms with Gasteiger partial charge in [-0.1, -0.05) is 11.6 Å². The van der Waals surface area contributed by atoms with E-state index >= 15 is 0 Å². The second kappa shape index (κ2) is 6.80. The van der Waals surface area contributed by atoms with Crippen LogP contribution in [-0.4, -0.2) is 36.6 Å². The highest BCUT2D eigenvalue weighted by Gasteiger charge is 2.20. The minimum Gasteiger partial charge on any atom is -0.489 e. The first-order chi connectivity index (χ1) is 8.52. The molecule has 0 saturated heterocycles. The molecule has 1 rings (SSSR count). The van der Waals surface area contributed by atoms with E-state index < -0.39 is 12.0 Å². The molecule has 1 atom stereocenters. The fraction of sp³-hybridized carbons (Fsp3) is 0.364. The highest BCUT2D eigenvalue weighted by atomic mass is 35.5. The zero-order valence-corrected chi connectivity index (χ0v) is 10.7. The number of ether oxygens (including phenoxy) is 2. The van der Waals surface area contributed by atoms with Crippen LogP contribution in [0.4, 0.5) is 0 Å². The topological polar surface area (TPSA) is 77.5 Å². The van der Waals surface area contributed by atoms with Crippen LogP contribution in [0.1, 0.15) is 6.92 Å². The number of pyridine rings is 1. The second-order valence-electron chi connectivity index (χ2n) is 3.43. The Morgan fingerprint density at radius 2 is 2.22 bits per heavy atom. The minimum absolute atomic E-state index is 0.0612. The molecule has 0 aliphatic rings. The molecular weight excluding hydrogens is 260 g/mol. The fourth-order valence-electron chi connectivity index (χ4n) is 1.21. The van der Waals surface area contributed by atoms with Gasteiger partial charge in [0.15, 0.2) is 6.04 Å². The minimum atomic E-state index is -0.869. The molecule has 0 bridgehead atoms. The Morgan fingerprint density at radius 1 is 1.50 bits per heavy atom. The highest BCUT2D eigenvalue weighted by molar-refractivity contribution is 6.30.